The van der Waals surface area contributed by atoms with Crippen LogP contribution in [0.4, 0.5) is 0 Å². The van der Waals surface area contributed by atoms with Crippen molar-refractivity contribution < 1.29 is 14.0 Å². The Labute approximate surface area is 180 Å². The molecule has 2 amide bonds. The molecule has 1 saturated heterocycles. The zero-order valence-corrected chi connectivity index (χ0v) is 16.8. The van der Waals surface area contributed by atoms with Crippen LogP contribution in [-0.4, -0.2) is 16.7 Å². The van der Waals surface area contributed by atoms with E-state index in [-0.39, 0.29) is 42.0 Å². The molecule has 1 aliphatic heterocycles. The normalized spacial score (nSPS) is 26.1. The molecule has 1 saturated carbocycles. The van der Waals surface area contributed by atoms with Crippen LogP contribution in [0, 0.1) is 23.7 Å². The Balaban J connectivity index is 1.45. The number of hydrogen-bond donors (Lipinski definition) is 0. The molecular weight excluding hydrogens is 386 g/mol. The molecular formula is C27H21NO3. The lowest BCUT2D eigenvalue weighted by molar-refractivity contribution is -0.141. The third kappa shape index (κ3) is 2.68. The second kappa shape index (κ2) is 6.95. The fourth-order valence-electron chi connectivity index (χ4n) is 5.58. The predicted octanol–water partition coefficient (Wildman–Crippen LogP) is 4.70. The summed E-state index contributed by atoms with van der Waals surface area (Å²) in [6.45, 7) is 0.209. The van der Waals surface area contributed by atoms with Gasteiger partial charge in [-0.15, -0.1) is 0 Å². The molecule has 3 aromatic rings. The van der Waals surface area contributed by atoms with Crippen LogP contribution in [0.1, 0.15) is 16.9 Å². The smallest absolute Gasteiger partial charge is 0.234 e. The Morgan fingerprint density at radius 2 is 1.29 bits per heavy atom. The van der Waals surface area contributed by atoms with Crippen LogP contribution in [0.25, 0.3) is 5.57 Å². The minimum absolute atomic E-state index is 0.0523. The van der Waals surface area contributed by atoms with Crippen LogP contribution in [-0.2, 0) is 16.1 Å². The van der Waals surface area contributed by atoms with Gasteiger partial charge in [-0.05, 0) is 34.4 Å². The number of carbonyl (C=O) groups excluding carboxylic acids is 2. The second-order valence-electron chi connectivity index (χ2n) is 8.39. The van der Waals surface area contributed by atoms with Gasteiger partial charge in [-0.3, -0.25) is 14.5 Å². The van der Waals surface area contributed by atoms with Gasteiger partial charge in [-0.25, -0.2) is 0 Å². The van der Waals surface area contributed by atoms with Crippen LogP contribution >= 0.6 is 0 Å². The van der Waals surface area contributed by atoms with E-state index in [4.69, 9.17) is 4.42 Å². The van der Waals surface area contributed by atoms with Crippen molar-refractivity contribution in [1.29, 1.82) is 0 Å². The van der Waals surface area contributed by atoms with Gasteiger partial charge in [0.1, 0.15) is 5.76 Å². The van der Waals surface area contributed by atoms with E-state index in [1.165, 1.54) is 10.5 Å². The summed E-state index contributed by atoms with van der Waals surface area (Å²) in [6, 6.07) is 24.2. The molecule has 0 radical (unpaired) electrons. The Kier molecular flexibility index (Phi) is 4.06. The Hall–Kier alpha value is -3.66. The summed E-state index contributed by atoms with van der Waals surface area (Å²) in [5, 5.41) is 0. The van der Waals surface area contributed by atoms with E-state index in [1.54, 1.807) is 18.4 Å². The van der Waals surface area contributed by atoms with E-state index in [0.717, 1.165) is 16.7 Å². The van der Waals surface area contributed by atoms with Gasteiger partial charge in [0.25, 0.3) is 0 Å². The number of imide groups is 1. The summed E-state index contributed by atoms with van der Waals surface area (Å²) in [4.78, 5) is 28.1. The number of allylic oxidation sites excluding steroid dienone is 3. The standard InChI is InChI=1S/C27H21NO3/c29-26-24-20-13-14-21(25(24)27(30)28(26)16-19-12-7-15-31-19)23(20)22(17-8-3-1-4-9-17)18-10-5-2-6-11-18/h1-15,20-21,24-25H,16H2. The maximum Gasteiger partial charge on any atom is 0.234 e. The monoisotopic (exact) mass is 407 g/mol. The van der Waals surface area contributed by atoms with E-state index in [2.05, 4.69) is 36.4 Å². The Morgan fingerprint density at radius 3 is 1.77 bits per heavy atom. The molecule has 1 aromatic heterocycles. The fourth-order valence-corrected chi connectivity index (χ4v) is 5.58. The van der Waals surface area contributed by atoms with Gasteiger partial charge in [0.15, 0.2) is 0 Å². The van der Waals surface area contributed by atoms with E-state index >= 15 is 0 Å². The molecule has 0 spiro atoms. The van der Waals surface area contributed by atoms with E-state index in [1.807, 2.05) is 36.4 Å². The van der Waals surface area contributed by atoms with Gasteiger partial charge in [-0.2, -0.15) is 0 Å². The third-order valence-corrected chi connectivity index (χ3v) is 6.81. The molecule has 2 bridgehead atoms. The molecule has 152 valence electrons. The summed E-state index contributed by atoms with van der Waals surface area (Å²) >= 11 is 0. The van der Waals surface area contributed by atoms with Gasteiger partial charge in [-0.1, -0.05) is 72.8 Å². The average molecular weight is 407 g/mol. The van der Waals surface area contributed by atoms with E-state index < -0.39 is 0 Å². The fraction of sp³-hybridized carbons (Fsp3) is 0.185. The Bertz CT molecular complexity index is 1130. The maximum absolute atomic E-state index is 13.4. The number of hydrogen-bond acceptors (Lipinski definition) is 3. The topological polar surface area (TPSA) is 50.5 Å². The van der Waals surface area contributed by atoms with Crippen molar-refractivity contribution in [3.8, 4) is 0 Å². The van der Waals surface area contributed by atoms with Crippen LogP contribution in [0.2, 0.25) is 0 Å². The molecule has 2 aliphatic carbocycles. The van der Waals surface area contributed by atoms with Crippen LogP contribution in [0.15, 0.2) is 101 Å². The largest absolute Gasteiger partial charge is 0.467 e. The highest BCUT2D eigenvalue weighted by Gasteiger charge is 2.62. The molecule has 2 aromatic carbocycles. The van der Waals surface area contributed by atoms with Crippen molar-refractivity contribution in [2.75, 3.05) is 0 Å². The maximum atomic E-state index is 13.4. The van der Waals surface area contributed by atoms with E-state index in [0.29, 0.717) is 5.76 Å². The van der Waals surface area contributed by atoms with Crippen LogP contribution < -0.4 is 0 Å². The van der Waals surface area contributed by atoms with Gasteiger partial charge in [0, 0.05) is 11.8 Å². The van der Waals surface area contributed by atoms with Gasteiger partial charge >= 0.3 is 0 Å². The molecule has 4 unspecified atom stereocenters. The molecule has 2 heterocycles. The summed E-state index contributed by atoms with van der Waals surface area (Å²) in [6.07, 6.45) is 5.84. The second-order valence-corrected chi connectivity index (χ2v) is 8.39. The van der Waals surface area contributed by atoms with Gasteiger partial charge in [0.05, 0.1) is 24.6 Å². The molecule has 4 atom stereocenters. The molecule has 4 nitrogen and oxygen atoms in total. The minimum atomic E-state index is -0.324. The lowest BCUT2D eigenvalue weighted by atomic mass is 9.85. The quantitative estimate of drug-likeness (QED) is 0.465. The predicted molar refractivity (Wildman–Crippen MR) is 116 cm³/mol. The van der Waals surface area contributed by atoms with Crippen molar-refractivity contribution in [2.45, 2.75) is 6.54 Å². The summed E-state index contributed by atoms with van der Waals surface area (Å²) in [5.74, 6) is -0.286. The number of fused-ring (bicyclic) bond motifs is 5. The SMILES string of the molecule is O=C1C2C3C=CC(C3=C(c3ccccc3)c3ccccc3)C2C(=O)N1Cc1ccco1. The van der Waals surface area contributed by atoms with Gasteiger partial charge < -0.3 is 4.42 Å². The first-order valence-corrected chi connectivity index (χ1v) is 10.6. The Morgan fingerprint density at radius 1 is 0.742 bits per heavy atom. The number of amides is 2. The lowest BCUT2D eigenvalue weighted by Gasteiger charge is -2.21. The highest BCUT2D eigenvalue weighted by molar-refractivity contribution is 6.08. The number of carbonyl (C=O) groups is 2. The minimum Gasteiger partial charge on any atom is -0.467 e. The highest BCUT2D eigenvalue weighted by atomic mass is 16.3. The molecule has 6 rings (SSSR count). The number of nitrogens with zero attached hydrogens (tertiary/aromatic N) is 1. The van der Waals surface area contributed by atoms with Crippen molar-refractivity contribution in [2.24, 2.45) is 23.7 Å². The first-order valence-electron chi connectivity index (χ1n) is 10.6. The number of benzene rings is 2. The zero-order chi connectivity index (χ0) is 20.9. The summed E-state index contributed by atoms with van der Waals surface area (Å²) < 4.78 is 5.39. The molecule has 0 N–H and O–H groups in total. The molecule has 4 heteroatoms. The number of furan rings is 1. The van der Waals surface area contributed by atoms with Crippen molar-refractivity contribution in [3.63, 3.8) is 0 Å². The van der Waals surface area contributed by atoms with E-state index in [9.17, 15) is 9.59 Å². The molecule has 31 heavy (non-hydrogen) atoms. The summed E-state index contributed by atoms with van der Waals surface area (Å²) in [5.41, 5.74) is 4.59. The molecule has 2 fully saturated rings. The van der Waals surface area contributed by atoms with Crippen molar-refractivity contribution in [3.05, 3.63) is 114 Å². The van der Waals surface area contributed by atoms with Crippen LogP contribution in [0.5, 0.6) is 0 Å². The first kappa shape index (κ1) is 18.1. The molecule has 3 aliphatic rings. The zero-order valence-electron chi connectivity index (χ0n) is 16.8. The first-order chi connectivity index (χ1) is 15.2. The number of likely N-dealkylation sites (tertiary alicyclic amines) is 1. The van der Waals surface area contributed by atoms with Crippen molar-refractivity contribution in [1.82, 2.24) is 4.90 Å². The van der Waals surface area contributed by atoms with Gasteiger partial charge in [0.2, 0.25) is 11.8 Å². The average Bonchev–Trinajstić information content (AvgIpc) is 3.58. The highest BCUT2D eigenvalue weighted by Crippen LogP contribution is 2.58. The van der Waals surface area contributed by atoms with Crippen molar-refractivity contribution >= 4 is 17.4 Å². The summed E-state index contributed by atoms with van der Waals surface area (Å²) in [7, 11) is 0. The number of rotatable bonds is 4. The lowest BCUT2D eigenvalue weighted by Crippen LogP contribution is -2.32. The van der Waals surface area contributed by atoms with Crippen LogP contribution in [0.3, 0.4) is 0 Å². The third-order valence-electron chi connectivity index (χ3n) is 6.81.